The van der Waals surface area contributed by atoms with Gasteiger partial charge in [-0.3, -0.25) is 0 Å². The molecule has 0 heterocycles. The van der Waals surface area contributed by atoms with E-state index in [-0.39, 0.29) is 5.97 Å². The van der Waals surface area contributed by atoms with Crippen LogP contribution in [-0.2, 0) is 9.53 Å². The summed E-state index contributed by atoms with van der Waals surface area (Å²) in [6, 6.07) is 15.2. The highest BCUT2D eigenvalue weighted by Gasteiger charge is 2.04. The number of carbonyl (C=O) groups is 1. The number of esters is 1. The molecular weight excluding hydrogens is 388 g/mol. The number of ether oxygens (including phenoxy) is 2. The first kappa shape index (κ1) is 24.5. The number of benzene rings is 2. The van der Waals surface area contributed by atoms with Crippen LogP contribution >= 0.6 is 0 Å². The van der Waals surface area contributed by atoms with Crippen LogP contribution in [0.2, 0.25) is 0 Å². The van der Waals surface area contributed by atoms with Crippen LogP contribution in [0.4, 0.5) is 0 Å². The number of hydrogen-bond donors (Lipinski definition) is 1. The van der Waals surface area contributed by atoms with Gasteiger partial charge in [0.2, 0.25) is 0 Å². The number of unbranched alkanes of at least 4 members (excludes halogenated alkanes) is 8. The van der Waals surface area contributed by atoms with E-state index in [0.29, 0.717) is 17.9 Å². The van der Waals surface area contributed by atoms with Crippen LogP contribution in [0.5, 0.6) is 11.5 Å². The molecule has 1 N–H and O–H groups in total. The van der Waals surface area contributed by atoms with Gasteiger partial charge in [-0.15, -0.1) is 0 Å². The lowest BCUT2D eigenvalue weighted by atomic mass is 10.0. The highest BCUT2D eigenvalue weighted by Crippen LogP contribution is 2.29. The standard InChI is InChI=1S/C27H36O4/c1-22(2)27(29)31-21-13-9-7-5-3-4-6-8-12-20-30-24-18-16-23(17-19-24)25-14-10-11-15-26(25)28/h10-11,14-19,28H,1,3-9,12-13,20-21H2,2H3. The quantitative estimate of drug-likeness (QED) is 0.189. The van der Waals surface area contributed by atoms with Gasteiger partial charge in [0.15, 0.2) is 0 Å². The van der Waals surface area contributed by atoms with Crippen molar-refractivity contribution >= 4 is 5.97 Å². The number of aromatic hydroxyl groups is 1. The second-order valence-electron chi connectivity index (χ2n) is 7.99. The van der Waals surface area contributed by atoms with Gasteiger partial charge in [-0.1, -0.05) is 81.9 Å². The lowest BCUT2D eigenvalue weighted by molar-refractivity contribution is -0.139. The second-order valence-corrected chi connectivity index (χ2v) is 7.99. The van der Waals surface area contributed by atoms with Crippen LogP contribution in [0.25, 0.3) is 11.1 Å². The Kier molecular flexibility index (Phi) is 11.3. The van der Waals surface area contributed by atoms with Crippen molar-refractivity contribution in [3.63, 3.8) is 0 Å². The third-order valence-electron chi connectivity index (χ3n) is 5.21. The number of para-hydroxylation sites is 1. The Labute approximate surface area is 186 Å². The van der Waals surface area contributed by atoms with E-state index in [1.807, 2.05) is 42.5 Å². The first-order valence-electron chi connectivity index (χ1n) is 11.4. The molecular formula is C27H36O4. The monoisotopic (exact) mass is 424 g/mol. The molecule has 2 rings (SSSR count). The second kappa shape index (κ2) is 14.3. The summed E-state index contributed by atoms with van der Waals surface area (Å²) >= 11 is 0. The molecule has 0 unspecified atom stereocenters. The average molecular weight is 425 g/mol. The number of phenolic OH excluding ortho intramolecular Hbond substituents is 1. The normalized spacial score (nSPS) is 10.6. The van der Waals surface area contributed by atoms with Crippen LogP contribution in [0.15, 0.2) is 60.7 Å². The van der Waals surface area contributed by atoms with Crippen molar-refractivity contribution in [1.82, 2.24) is 0 Å². The zero-order valence-corrected chi connectivity index (χ0v) is 18.8. The fourth-order valence-electron chi connectivity index (χ4n) is 3.37. The Morgan fingerprint density at radius 3 is 1.94 bits per heavy atom. The van der Waals surface area contributed by atoms with E-state index in [4.69, 9.17) is 9.47 Å². The summed E-state index contributed by atoms with van der Waals surface area (Å²) in [6.45, 7) is 6.48. The van der Waals surface area contributed by atoms with E-state index in [0.717, 1.165) is 42.7 Å². The van der Waals surface area contributed by atoms with Crippen molar-refractivity contribution < 1.29 is 19.4 Å². The van der Waals surface area contributed by atoms with E-state index in [2.05, 4.69) is 6.58 Å². The third kappa shape index (κ3) is 9.73. The molecule has 31 heavy (non-hydrogen) atoms. The molecule has 0 amide bonds. The molecule has 0 atom stereocenters. The molecule has 0 saturated carbocycles. The number of hydrogen-bond acceptors (Lipinski definition) is 4. The van der Waals surface area contributed by atoms with Gasteiger partial charge in [0.25, 0.3) is 0 Å². The van der Waals surface area contributed by atoms with Crippen molar-refractivity contribution in [3.8, 4) is 22.6 Å². The summed E-state index contributed by atoms with van der Waals surface area (Å²) < 4.78 is 10.9. The fraction of sp³-hybridized carbons (Fsp3) is 0.444. The molecule has 168 valence electrons. The van der Waals surface area contributed by atoms with Crippen LogP contribution in [0.1, 0.15) is 64.7 Å². The smallest absolute Gasteiger partial charge is 0.333 e. The molecule has 0 spiro atoms. The molecule has 0 aliphatic heterocycles. The maximum Gasteiger partial charge on any atom is 0.333 e. The van der Waals surface area contributed by atoms with Gasteiger partial charge in [0.1, 0.15) is 11.5 Å². The summed E-state index contributed by atoms with van der Waals surface area (Å²) in [5.41, 5.74) is 2.28. The summed E-state index contributed by atoms with van der Waals surface area (Å²) in [6.07, 6.45) is 10.5. The first-order valence-corrected chi connectivity index (χ1v) is 11.4. The molecule has 2 aromatic rings. The van der Waals surface area contributed by atoms with E-state index in [1.165, 1.54) is 38.5 Å². The number of phenols is 1. The lowest BCUT2D eigenvalue weighted by Gasteiger charge is -2.08. The predicted molar refractivity (Wildman–Crippen MR) is 126 cm³/mol. The highest BCUT2D eigenvalue weighted by molar-refractivity contribution is 5.86. The maximum absolute atomic E-state index is 11.2. The van der Waals surface area contributed by atoms with Crippen LogP contribution in [-0.4, -0.2) is 24.3 Å². The Morgan fingerprint density at radius 2 is 1.35 bits per heavy atom. The Hall–Kier alpha value is -2.75. The van der Waals surface area contributed by atoms with Gasteiger partial charge in [0.05, 0.1) is 13.2 Å². The zero-order valence-electron chi connectivity index (χ0n) is 18.8. The van der Waals surface area contributed by atoms with E-state index in [1.54, 1.807) is 13.0 Å². The zero-order chi connectivity index (χ0) is 22.3. The topological polar surface area (TPSA) is 55.8 Å². The molecule has 0 aromatic heterocycles. The molecule has 0 aliphatic rings. The molecule has 0 fully saturated rings. The number of rotatable bonds is 15. The largest absolute Gasteiger partial charge is 0.507 e. The molecule has 0 radical (unpaired) electrons. The van der Waals surface area contributed by atoms with Crippen LogP contribution in [0, 0.1) is 0 Å². The van der Waals surface area contributed by atoms with E-state index in [9.17, 15) is 9.90 Å². The van der Waals surface area contributed by atoms with Crippen molar-refractivity contribution in [2.75, 3.05) is 13.2 Å². The summed E-state index contributed by atoms with van der Waals surface area (Å²) in [7, 11) is 0. The van der Waals surface area contributed by atoms with Gasteiger partial charge in [-0.2, -0.15) is 0 Å². The summed E-state index contributed by atoms with van der Waals surface area (Å²) in [5.74, 6) is 0.877. The Morgan fingerprint density at radius 1 is 0.806 bits per heavy atom. The average Bonchev–Trinajstić information content (AvgIpc) is 2.77. The fourth-order valence-corrected chi connectivity index (χ4v) is 3.37. The minimum absolute atomic E-state index is 0.284. The Bertz CT molecular complexity index is 795. The van der Waals surface area contributed by atoms with Gasteiger partial charge in [-0.25, -0.2) is 4.79 Å². The molecule has 0 bridgehead atoms. The lowest BCUT2D eigenvalue weighted by Crippen LogP contribution is -2.05. The van der Waals surface area contributed by atoms with Gasteiger partial charge >= 0.3 is 5.97 Å². The first-order chi connectivity index (χ1) is 15.1. The molecule has 0 aliphatic carbocycles. The van der Waals surface area contributed by atoms with Crippen LogP contribution in [0.3, 0.4) is 0 Å². The SMILES string of the molecule is C=C(C)C(=O)OCCCCCCCCCCCOc1ccc(-c2ccccc2O)cc1. The molecule has 4 heteroatoms. The number of carbonyl (C=O) groups excluding carboxylic acids is 1. The van der Waals surface area contributed by atoms with Crippen molar-refractivity contribution in [2.24, 2.45) is 0 Å². The molecule has 0 saturated heterocycles. The maximum atomic E-state index is 11.2. The third-order valence-corrected chi connectivity index (χ3v) is 5.21. The highest BCUT2D eigenvalue weighted by atomic mass is 16.5. The van der Waals surface area contributed by atoms with E-state index >= 15 is 0 Å². The van der Waals surface area contributed by atoms with Gasteiger partial charge < -0.3 is 14.6 Å². The Balaban J connectivity index is 1.44. The predicted octanol–water partition coefficient (Wildman–Crippen LogP) is 7.07. The van der Waals surface area contributed by atoms with E-state index < -0.39 is 0 Å². The van der Waals surface area contributed by atoms with Crippen molar-refractivity contribution in [3.05, 3.63) is 60.7 Å². The minimum atomic E-state index is -0.284. The summed E-state index contributed by atoms with van der Waals surface area (Å²) in [5, 5.41) is 9.94. The molecule has 4 nitrogen and oxygen atoms in total. The van der Waals surface area contributed by atoms with Crippen molar-refractivity contribution in [1.29, 1.82) is 0 Å². The van der Waals surface area contributed by atoms with Crippen molar-refractivity contribution in [2.45, 2.75) is 64.7 Å². The summed E-state index contributed by atoms with van der Waals surface area (Å²) in [4.78, 5) is 11.2. The van der Waals surface area contributed by atoms with Gasteiger partial charge in [-0.05, 0) is 43.5 Å². The minimum Gasteiger partial charge on any atom is -0.507 e. The van der Waals surface area contributed by atoms with Crippen LogP contribution < -0.4 is 4.74 Å². The molecule has 2 aromatic carbocycles. The van der Waals surface area contributed by atoms with Gasteiger partial charge in [0, 0.05) is 11.1 Å².